The largest absolute Gasteiger partial charge is 0.313 e. The maximum Gasteiger partial charge on any atom is 0.0371 e. The summed E-state index contributed by atoms with van der Waals surface area (Å²) in [4.78, 5) is 4.88. The lowest BCUT2D eigenvalue weighted by Gasteiger charge is -2.41. The molecule has 3 nitrogen and oxygen atoms in total. The van der Waals surface area contributed by atoms with Crippen LogP contribution in [0.15, 0.2) is 0 Å². The smallest absolute Gasteiger partial charge is 0.0371 e. The Labute approximate surface area is 82.1 Å². The van der Waals surface area contributed by atoms with Crippen molar-refractivity contribution in [3.8, 4) is 0 Å². The van der Waals surface area contributed by atoms with Gasteiger partial charge in [-0.05, 0) is 27.6 Å². The molecule has 1 aliphatic heterocycles. The van der Waals surface area contributed by atoms with Crippen molar-refractivity contribution in [1.82, 2.24) is 15.1 Å². The summed E-state index contributed by atoms with van der Waals surface area (Å²) >= 11 is 0. The zero-order chi connectivity index (χ0) is 9.84. The third-order valence-corrected chi connectivity index (χ3v) is 3.00. The zero-order valence-electron chi connectivity index (χ0n) is 9.38. The van der Waals surface area contributed by atoms with Crippen LogP contribution in [0.5, 0.6) is 0 Å². The first-order valence-corrected chi connectivity index (χ1v) is 5.27. The van der Waals surface area contributed by atoms with Gasteiger partial charge in [0.25, 0.3) is 0 Å². The summed E-state index contributed by atoms with van der Waals surface area (Å²) in [5, 5.41) is 3.50. The SMILES string of the molecule is CCNC(C)C1CN(C)CCN1C. The highest BCUT2D eigenvalue weighted by atomic mass is 15.3. The van der Waals surface area contributed by atoms with E-state index in [1.807, 2.05) is 0 Å². The van der Waals surface area contributed by atoms with Crippen LogP contribution in [0.3, 0.4) is 0 Å². The number of nitrogens with one attached hydrogen (secondary N) is 1. The highest BCUT2D eigenvalue weighted by Crippen LogP contribution is 2.09. The molecule has 0 aromatic carbocycles. The van der Waals surface area contributed by atoms with Gasteiger partial charge >= 0.3 is 0 Å². The predicted octanol–water partition coefficient (Wildman–Crippen LogP) is 0.230. The van der Waals surface area contributed by atoms with Crippen molar-refractivity contribution < 1.29 is 0 Å². The number of nitrogens with zero attached hydrogens (tertiary/aromatic N) is 2. The van der Waals surface area contributed by atoms with Gasteiger partial charge in [0.05, 0.1) is 0 Å². The van der Waals surface area contributed by atoms with Crippen molar-refractivity contribution in [2.45, 2.75) is 25.9 Å². The van der Waals surface area contributed by atoms with E-state index in [1.165, 1.54) is 19.6 Å². The van der Waals surface area contributed by atoms with Crippen molar-refractivity contribution >= 4 is 0 Å². The van der Waals surface area contributed by atoms with Crippen LogP contribution in [0, 0.1) is 0 Å². The first-order valence-electron chi connectivity index (χ1n) is 5.27. The molecule has 2 unspecified atom stereocenters. The second-order valence-corrected chi connectivity index (χ2v) is 4.16. The Bertz CT molecular complexity index is 149. The van der Waals surface area contributed by atoms with E-state index in [2.05, 4.69) is 43.1 Å². The number of rotatable bonds is 3. The Kier molecular flexibility index (Phi) is 4.16. The Hall–Kier alpha value is -0.120. The fraction of sp³-hybridized carbons (Fsp3) is 1.00. The Morgan fingerprint density at radius 2 is 2.08 bits per heavy atom. The summed E-state index contributed by atoms with van der Waals surface area (Å²) in [5.74, 6) is 0. The summed E-state index contributed by atoms with van der Waals surface area (Å²) in [6.45, 7) is 9.09. The Balaban J connectivity index is 2.44. The van der Waals surface area contributed by atoms with Crippen LogP contribution in [-0.2, 0) is 0 Å². The minimum atomic E-state index is 0.595. The van der Waals surface area contributed by atoms with Crippen molar-refractivity contribution in [3.63, 3.8) is 0 Å². The van der Waals surface area contributed by atoms with Gasteiger partial charge in [0, 0.05) is 31.7 Å². The number of piperazine rings is 1. The van der Waals surface area contributed by atoms with Gasteiger partial charge < -0.3 is 10.2 Å². The summed E-state index contributed by atoms with van der Waals surface area (Å²) in [6.07, 6.45) is 0. The summed E-state index contributed by atoms with van der Waals surface area (Å²) in [6, 6.07) is 1.26. The molecule has 2 atom stereocenters. The lowest BCUT2D eigenvalue weighted by atomic mass is 10.1. The van der Waals surface area contributed by atoms with Gasteiger partial charge in [-0.25, -0.2) is 0 Å². The topological polar surface area (TPSA) is 18.5 Å². The van der Waals surface area contributed by atoms with Gasteiger partial charge in [-0.1, -0.05) is 6.92 Å². The normalized spacial score (nSPS) is 29.1. The molecule has 0 saturated carbocycles. The highest BCUT2D eigenvalue weighted by Gasteiger charge is 2.26. The minimum absolute atomic E-state index is 0.595. The third-order valence-electron chi connectivity index (χ3n) is 3.00. The van der Waals surface area contributed by atoms with E-state index in [9.17, 15) is 0 Å². The maximum atomic E-state index is 3.50. The molecule has 0 amide bonds. The maximum absolute atomic E-state index is 3.50. The van der Waals surface area contributed by atoms with E-state index >= 15 is 0 Å². The standard InChI is InChI=1S/C10H23N3/c1-5-11-9(2)10-8-12(3)6-7-13(10)4/h9-11H,5-8H2,1-4H3. The van der Waals surface area contributed by atoms with Gasteiger partial charge in [0.1, 0.15) is 0 Å². The third kappa shape index (κ3) is 2.93. The number of hydrogen-bond donors (Lipinski definition) is 1. The second-order valence-electron chi connectivity index (χ2n) is 4.16. The molecule has 1 heterocycles. The van der Waals surface area contributed by atoms with Crippen LogP contribution in [-0.4, -0.2) is 62.2 Å². The van der Waals surface area contributed by atoms with Gasteiger partial charge in [-0.2, -0.15) is 0 Å². The fourth-order valence-corrected chi connectivity index (χ4v) is 2.04. The van der Waals surface area contributed by atoms with Gasteiger partial charge in [0.15, 0.2) is 0 Å². The molecule has 1 aliphatic rings. The molecule has 1 N–H and O–H groups in total. The number of hydrogen-bond acceptors (Lipinski definition) is 3. The van der Waals surface area contributed by atoms with Crippen LogP contribution in [0.25, 0.3) is 0 Å². The second kappa shape index (κ2) is 4.94. The fourth-order valence-electron chi connectivity index (χ4n) is 2.04. The average Bonchev–Trinajstić information content (AvgIpc) is 2.09. The van der Waals surface area contributed by atoms with E-state index in [0.717, 1.165) is 6.54 Å². The van der Waals surface area contributed by atoms with Crippen LogP contribution in [0.4, 0.5) is 0 Å². The molecule has 0 bridgehead atoms. The molecule has 0 aliphatic carbocycles. The highest BCUT2D eigenvalue weighted by molar-refractivity contribution is 4.85. The lowest BCUT2D eigenvalue weighted by Crippen LogP contribution is -2.57. The summed E-state index contributed by atoms with van der Waals surface area (Å²) in [5.41, 5.74) is 0. The monoisotopic (exact) mass is 185 g/mol. The van der Waals surface area contributed by atoms with E-state index in [4.69, 9.17) is 0 Å². The first kappa shape index (κ1) is 11.0. The van der Waals surface area contributed by atoms with Crippen LogP contribution >= 0.6 is 0 Å². The number of likely N-dealkylation sites (N-methyl/N-ethyl adjacent to an activating group) is 3. The van der Waals surface area contributed by atoms with Crippen molar-refractivity contribution in [3.05, 3.63) is 0 Å². The molecular formula is C10H23N3. The van der Waals surface area contributed by atoms with E-state index < -0.39 is 0 Å². The van der Waals surface area contributed by atoms with Crippen molar-refractivity contribution in [2.75, 3.05) is 40.3 Å². The first-order chi connectivity index (χ1) is 6.15. The molecule has 1 rings (SSSR count). The molecule has 1 saturated heterocycles. The van der Waals surface area contributed by atoms with E-state index in [0.29, 0.717) is 12.1 Å². The lowest BCUT2D eigenvalue weighted by molar-refractivity contribution is 0.0926. The Morgan fingerprint density at radius 3 is 2.69 bits per heavy atom. The molecule has 78 valence electrons. The van der Waals surface area contributed by atoms with Crippen molar-refractivity contribution in [2.24, 2.45) is 0 Å². The van der Waals surface area contributed by atoms with Gasteiger partial charge in [-0.15, -0.1) is 0 Å². The molecule has 3 heteroatoms. The van der Waals surface area contributed by atoms with Gasteiger partial charge in [-0.3, -0.25) is 4.90 Å². The summed E-state index contributed by atoms with van der Waals surface area (Å²) in [7, 11) is 4.43. The molecular weight excluding hydrogens is 162 g/mol. The molecule has 1 fully saturated rings. The molecule has 0 spiro atoms. The summed E-state index contributed by atoms with van der Waals surface area (Å²) < 4.78 is 0. The van der Waals surface area contributed by atoms with Crippen LogP contribution < -0.4 is 5.32 Å². The average molecular weight is 185 g/mol. The molecule has 13 heavy (non-hydrogen) atoms. The van der Waals surface area contributed by atoms with Crippen molar-refractivity contribution in [1.29, 1.82) is 0 Å². The Morgan fingerprint density at radius 1 is 1.38 bits per heavy atom. The quantitative estimate of drug-likeness (QED) is 0.679. The predicted molar refractivity (Wildman–Crippen MR) is 57.1 cm³/mol. The van der Waals surface area contributed by atoms with E-state index in [1.54, 1.807) is 0 Å². The van der Waals surface area contributed by atoms with Gasteiger partial charge in [0.2, 0.25) is 0 Å². The van der Waals surface area contributed by atoms with Crippen LogP contribution in [0.1, 0.15) is 13.8 Å². The van der Waals surface area contributed by atoms with Crippen LogP contribution in [0.2, 0.25) is 0 Å². The van der Waals surface area contributed by atoms with E-state index in [-0.39, 0.29) is 0 Å². The molecule has 0 aromatic heterocycles. The minimum Gasteiger partial charge on any atom is -0.313 e. The zero-order valence-corrected chi connectivity index (χ0v) is 9.38. The molecule has 0 aromatic rings. The molecule has 0 radical (unpaired) electrons.